The van der Waals surface area contributed by atoms with Crippen molar-refractivity contribution in [1.29, 1.82) is 0 Å². The average molecular weight is 298 g/mol. The molecule has 8 heteroatoms. The van der Waals surface area contributed by atoms with E-state index in [4.69, 9.17) is 5.11 Å². The van der Waals surface area contributed by atoms with Gasteiger partial charge in [0.25, 0.3) is 0 Å². The summed E-state index contributed by atoms with van der Waals surface area (Å²) in [6.45, 7) is 1.44. The molecule has 2 fully saturated rings. The largest absolute Gasteiger partial charge is 0.480 e. The van der Waals surface area contributed by atoms with Gasteiger partial charge in [0, 0.05) is 18.6 Å². The van der Waals surface area contributed by atoms with Crippen LogP contribution in [0.4, 0.5) is 4.79 Å². The Labute approximate surface area is 123 Å². The first-order chi connectivity index (χ1) is 10.1. The minimum atomic E-state index is -1.11. The molecule has 2 rings (SSSR count). The fraction of sp³-hybridized carbons (Fsp3) is 0.769. The number of fused-ring (bicyclic) bond motifs is 1. The van der Waals surface area contributed by atoms with E-state index in [1.54, 1.807) is 0 Å². The number of aliphatic carboxylic acids is 1. The topological polar surface area (TPSA) is 111 Å². The zero-order valence-corrected chi connectivity index (χ0v) is 11.9. The number of urea groups is 1. The van der Waals surface area contributed by atoms with Crippen LogP contribution in [0.5, 0.6) is 0 Å². The number of hydrogen-bond donors (Lipinski definition) is 4. The third kappa shape index (κ3) is 4.59. The summed E-state index contributed by atoms with van der Waals surface area (Å²) in [5, 5.41) is 16.0. The van der Waals surface area contributed by atoms with E-state index >= 15 is 0 Å². The highest BCUT2D eigenvalue weighted by molar-refractivity contribution is 5.86. The summed E-state index contributed by atoms with van der Waals surface area (Å²) < 4.78 is 0. The maximum Gasteiger partial charge on any atom is 0.322 e. The van der Waals surface area contributed by atoms with E-state index in [0.29, 0.717) is 6.04 Å². The molecule has 2 aliphatic heterocycles. The van der Waals surface area contributed by atoms with E-state index in [1.807, 2.05) is 0 Å². The summed E-state index contributed by atoms with van der Waals surface area (Å²) in [6, 6.07) is 0.163. The first-order valence-electron chi connectivity index (χ1n) is 7.33. The Balaban J connectivity index is 1.67. The zero-order valence-electron chi connectivity index (χ0n) is 11.9. The molecule has 0 aliphatic carbocycles. The molecule has 21 heavy (non-hydrogen) atoms. The molecule has 2 atom stereocenters. The number of carboxylic acid groups (broad SMARTS) is 1. The van der Waals surface area contributed by atoms with E-state index in [9.17, 15) is 14.4 Å². The van der Waals surface area contributed by atoms with Gasteiger partial charge < -0.3 is 21.1 Å². The van der Waals surface area contributed by atoms with E-state index in [1.165, 1.54) is 12.8 Å². The van der Waals surface area contributed by atoms with Crippen molar-refractivity contribution in [2.24, 2.45) is 0 Å². The number of piperidine rings is 1. The zero-order chi connectivity index (χ0) is 15.2. The first kappa shape index (κ1) is 15.6. The summed E-state index contributed by atoms with van der Waals surface area (Å²) >= 11 is 0. The van der Waals surface area contributed by atoms with Crippen LogP contribution in [-0.2, 0) is 9.59 Å². The standard InChI is InChI=1S/C13H22N4O4/c18-11(14-8-12(19)20)7-15-13(21)16-9-4-6-17-5-2-1-3-10(9)17/h9-10H,1-8H2,(H,14,18)(H,19,20)(H2,15,16,21). The molecule has 2 heterocycles. The van der Waals surface area contributed by atoms with Gasteiger partial charge >= 0.3 is 12.0 Å². The second kappa shape index (κ2) is 7.26. The second-order valence-electron chi connectivity index (χ2n) is 5.49. The Morgan fingerprint density at radius 3 is 2.62 bits per heavy atom. The van der Waals surface area contributed by atoms with Crippen LogP contribution >= 0.6 is 0 Å². The maximum atomic E-state index is 11.8. The quantitative estimate of drug-likeness (QED) is 0.526. The highest BCUT2D eigenvalue weighted by Crippen LogP contribution is 2.26. The molecule has 0 aromatic carbocycles. The summed E-state index contributed by atoms with van der Waals surface area (Å²) in [7, 11) is 0. The van der Waals surface area contributed by atoms with Crippen LogP contribution < -0.4 is 16.0 Å². The number of carbonyl (C=O) groups is 3. The predicted octanol–water partition coefficient (Wildman–Crippen LogP) is -0.887. The minimum Gasteiger partial charge on any atom is -0.480 e. The van der Waals surface area contributed by atoms with Crippen molar-refractivity contribution >= 4 is 17.9 Å². The van der Waals surface area contributed by atoms with Crippen molar-refractivity contribution in [3.63, 3.8) is 0 Å². The lowest BCUT2D eigenvalue weighted by molar-refractivity contribution is -0.137. The highest BCUT2D eigenvalue weighted by Gasteiger charge is 2.36. The first-order valence-corrected chi connectivity index (χ1v) is 7.33. The lowest BCUT2D eigenvalue weighted by Crippen LogP contribution is -2.51. The lowest BCUT2D eigenvalue weighted by atomic mass is 9.99. The SMILES string of the molecule is O=C(O)CNC(=O)CNC(=O)NC1CCN2CCCCC12. The monoisotopic (exact) mass is 298 g/mol. The van der Waals surface area contributed by atoms with E-state index in [0.717, 1.165) is 25.9 Å². The second-order valence-corrected chi connectivity index (χ2v) is 5.49. The predicted molar refractivity (Wildman–Crippen MR) is 74.8 cm³/mol. The fourth-order valence-electron chi connectivity index (χ4n) is 3.03. The summed E-state index contributed by atoms with van der Waals surface area (Å²) in [5.41, 5.74) is 0. The van der Waals surface area contributed by atoms with Crippen molar-refractivity contribution in [3.8, 4) is 0 Å². The van der Waals surface area contributed by atoms with E-state index in [-0.39, 0.29) is 18.6 Å². The van der Waals surface area contributed by atoms with Gasteiger partial charge in [0.2, 0.25) is 5.91 Å². The van der Waals surface area contributed by atoms with Crippen LogP contribution in [0.25, 0.3) is 0 Å². The number of carboxylic acids is 1. The molecule has 118 valence electrons. The van der Waals surface area contributed by atoms with Gasteiger partial charge in [0.15, 0.2) is 0 Å². The van der Waals surface area contributed by atoms with Crippen LogP contribution in [0.2, 0.25) is 0 Å². The molecule has 4 N–H and O–H groups in total. The van der Waals surface area contributed by atoms with Gasteiger partial charge in [-0.2, -0.15) is 0 Å². The molecule has 0 bridgehead atoms. The van der Waals surface area contributed by atoms with Crippen LogP contribution in [0, 0.1) is 0 Å². The number of nitrogens with one attached hydrogen (secondary N) is 3. The van der Waals surface area contributed by atoms with E-state index < -0.39 is 18.4 Å². The number of nitrogens with zero attached hydrogens (tertiary/aromatic N) is 1. The molecule has 0 saturated carbocycles. The number of hydrogen-bond acceptors (Lipinski definition) is 4. The summed E-state index contributed by atoms with van der Waals surface area (Å²) in [6.07, 6.45) is 4.45. The van der Waals surface area contributed by atoms with Crippen molar-refractivity contribution in [2.75, 3.05) is 26.2 Å². The van der Waals surface area contributed by atoms with Crippen molar-refractivity contribution in [1.82, 2.24) is 20.9 Å². The molecule has 0 aromatic heterocycles. The lowest BCUT2D eigenvalue weighted by Gasteiger charge is -2.32. The van der Waals surface area contributed by atoms with Crippen LogP contribution in [-0.4, -0.2) is 66.2 Å². The highest BCUT2D eigenvalue weighted by atomic mass is 16.4. The van der Waals surface area contributed by atoms with Gasteiger partial charge in [0.05, 0.1) is 6.54 Å². The third-order valence-corrected chi connectivity index (χ3v) is 4.02. The van der Waals surface area contributed by atoms with Crippen molar-refractivity contribution < 1.29 is 19.5 Å². The van der Waals surface area contributed by atoms with Gasteiger partial charge in [-0.25, -0.2) is 4.79 Å². The van der Waals surface area contributed by atoms with Crippen molar-refractivity contribution in [3.05, 3.63) is 0 Å². The number of rotatable bonds is 5. The van der Waals surface area contributed by atoms with Crippen LogP contribution in [0.15, 0.2) is 0 Å². The van der Waals surface area contributed by atoms with E-state index in [2.05, 4.69) is 20.9 Å². The minimum absolute atomic E-state index is 0.132. The van der Waals surface area contributed by atoms with Crippen LogP contribution in [0.1, 0.15) is 25.7 Å². The van der Waals surface area contributed by atoms with Gasteiger partial charge in [-0.15, -0.1) is 0 Å². The molecule has 0 spiro atoms. The molecule has 3 amide bonds. The average Bonchev–Trinajstić information content (AvgIpc) is 2.86. The number of amides is 3. The Morgan fingerprint density at radius 2 is 1.86 bits per heavy atom. The maximum absolute atomic E-state index is 11.8. The Hall–Kier alpha value is -1.83. The third-order valence-electron chi connectivity index (χ3n) is 4.02. The van der Waals surface area contributed by atoms with Gasteiger partial charge in [-0.3, -0.25) is 14.5 Å². The van der Waals surface area contributed by atoms with Gasteiger partial charge in [0.1, 0.15) is 6.54 Å². The molecule has 8 nitrogen and oxygen atoms in total. The van der Waals surface area contributed by atoms with Crippen LogP contribution in [0.3, 0.4) is 0 Å². The molecule has 2 unspecified atom stereocenters. The smallest absolute Gasteiger partial charge is 0.322 e. The Morgan fingerprint density at radius 1 is 1.05 bits per heavy atom. The molecule has 2 saturated heterocycles. The van der Waals surface area contributed by atoms with Crippen molar-refractivity contribution in [2.45, 2.75) is 37.8 Å². The summed E-state index contributed by atoms with van der Waals surface area (Å²) in [4.78, 5) is 35.8. The van der Waals surface area contributed by atoms with Gasteiger partial charge in [-0.1, -0.05) is 6.42 Å². The molecular weight excluding hydrogens is 276 g/mol. The molecule has 0 radical (unpaired) electrons. The molecule has 0 aromatic rings. The number of carbonyl (C=O) groups excluding carboxylic acids is 2. The normalized spacial score (nSPS) is 25.0. The molecular formula is C13H22N4O4. The van der Waals surface area contributed by atoms with Gasteiger partial charge in [-0.05, 0) is 25.8 Å². The fourth-order valence-corrected chi connectivity index (χ4v) is 3.03. The summed E-state index contributed by atoms with van der Waals surface area (Å²) in [5.74, 6) is -1.63. The molecule has 2 aliphatic rings. The Kier molecular flexibility index (Phi) is 5.38. The Bertz CT molecular complexity index is 415.